The Balaban J connectivity index is 1.78. The standard InChI is InChI=1S/C15H13Cl2NO/c16-14-9-3-4-18-12(6-8-2-1-5-19-8)13(9)15(17)11-7-10(11)14/h1-2,5,12,18H,3-4,6-7H2. The van der Waals surface area contributed by atoms with Crippen molar-refractivity contribution < 1.29 is 4.42 Å². The first-order valence-corrected chi connectivity index (χ1v) is 7.28. The molecule has 1 unspecified atom stereocenters. The first-order valence-electron chi connectivity index (χ1n) is 6.53. The molecule has 0 saturated carbocycles. The van der Waals surface area contributed by atoms with Gasteiger partial charge < -0.3 is 9.73 Å². The highest BCUT2D eigenvalue weighted by Crippen LogP contribution is 2.48. The van der Waals surface area contributed by atoms with Gasteiger partial charge in [0, 0.05) is 28.9 Å². The quantitative estimate of drug-likeness (QED) is 0.775. The van der Waals surface area contributed by atoms with Crippen LogP contribution in [-0.2, 0) is 19.3 Å². The van der Waals surface area contributed by atoms with Crippen molar-refractivity contribution in [3.8, 4) is 0 Å². The van der Waals surface area contributed by atoms with Gasteiger partial charge >= 0.3 is 0 Å². The summed E-state index contributed by atoms with van der Waals surface area (Å²) < 4.78 is 5.45. The Morgan fingerprint density at radius 1 is 1.21 bits per heavy atom. The minimum Gasteiger partial charge on any atom is -0.469 e. The van der Waals surface area contributed by atoms with E-state index in [4.69, 9.17) is 27.6 Å². The van der Waals surface area contributed by atoms with Crippen LogP contribution in [0.5, 0.6) is 0 Å². The van der Waals surface area contributed by atoms with E-state index in [1.807, 2.05) is 12.1 Å². The summed E-state index contributed by atoms with van der Waals surface area (Å²) in [5, 5.41) is 5.39. The van der Waals surface area contributed by atoms with E-state index in [9.17, 15) is 0 Å². The van der Waals surface area contributed by atoms with Gasteiger partial charge in [0.05, 0.1) is 6.26 Å². The molecule has 2 heterocycles. The first-order chi connectivity index (χ1) is 9.25. The van der Waals surface area contributed by atoms with Crippen LogP contribution < -0.4 is 5.32 Å². The second kappa shape index (κ2) is 4.27. The Morgan fingerprint density at radius 3 is 2.84 bits per heavy atom. The highest BCUT2D eigenvalue weighted by molar-refractivity contribution is 6.36. The molecular weight excluding hydrogens is 281 g/mol. The van der Waals surface area contributed by atoms with Gasteiger partial charge in [0.1, 0.15) is 5.76 Å². The van der Waals surface area contributed by atoms with E-state index in [1.54, 1.807) is 6.26 Å². The summed E-state index contributed by atoms with van der Waals surface area (Å²) >= 11 is 13.0. The predicted octanol–water partition coefficient (Wildman–Crippen LogP) is 3.92. The van der Waals surface area contributed by atoms with Crippen molar-refractivity contribution in [3.05, 3.63) is 56.5 Å². The minimum atomic E-state index is 0.200. The normalized spacial score (nSPS) is 20.0. The molecular formula is C15H13Cl2NO. The number of fused-ring (bicyclic) bond motifs is 2. The van der Waals surface area contributed by atoms with Crippen LogP contribution in [0, 0.1) is 0 Å². The van der Waals surface area contributed by atoms with Gasteiger partial charge in [-0.3, -0.25) is 0 Å². The Kier molecular flexibility index (Phi) is 2.66. The van der Waals surface area contributed by atoms with Crippen LogP contribution in [-0.4, -0.2) is 6.54 Å². The molecule has 1 aromatic heterocycles. The molecule has 1 N–H and O–H groups in total. The molecule has 0 saturated heterocycles. The van der Waals surface area contributed by atoms with E-state index < -0.39 is 0 Å². The smallest absolute Gasteiger partial charge is 0.105 e. The molecule has 0 amide bonds. The third kappa shape index (κ3) is 1.82. The maximum atomic E-state index is 6.54. The average Bonchev–Trinajstić information content (AvgIpc) is 3.07. The molecule has 0 radical (unpaired) electrons. The Bertz CT molecular complexity index is 649. The fourth-order valence-electron chi connectivity index (χ4n) is 3.03. The van der Waals surface area contributed by atoms with Crippen LogP contribution in [0.3, 0.4) is 0 Å². The van der Waals surface area contributed by atoms with Crippen LogP contribution in [0.2, 0.25) is 10.0 Å². The second-order valence-electron chi connectivity index (χ2n) is 5.19. The molecule has 2 aliphatic rings. The molecule has 1 aliphatic carbocycles. The van der Waals surface area contributed by atoms with Crippen LogP contribution >= 0.6 is 23.2 Å². The van der Waals surface area contributed by atoms with Gasteiger partial charge in [0.15, 0.2) is 0 Å². The largest absolute Gasteiger partial charge is 0.469 e. The van der Waals surface area contributed by atoms with Gasteiger partial charge in [0.2, 0.25) is 0 Å². The maximum Gasteiger partial charge on any atom is 0.105 e. The average molecular weight is 294 g/mol. The molecule has 4 rings (SSSR count). The summed E-state index contributed by atoms with van der Waals surface area (Å²) in [6.45, 7) is 0.938. The monoisotopic (exact) mass is 293 g/mol. The Hall–Kier alpha value is -0.960. The lowest BCUT2D eigenvalue weighted by Crippen LogP contribution is -2.31. The number of benzene rings is 1. The molecule has 1 aliphatic heterocycles. The van der Waals surface area contributed by atoms with Crippen LogP contribution in [0.4, 0.5) is 0 Å². The topological polar surface area (TPSA) is 25.2 Å². The number of rotatable bonds is 2. The number of nitrogens with one attached hydrogen (secondary N) is 1. The summed E-state index contributed by atoms with van der Waals surface area (Å²) in [6.07, 6.45) is 4.43. The van der Waals surface area contributed by atoms with Crippen LogP contribution in [0.15, 0.2) is 22.8 Å². The third-order valence-electron chi connectivity index (χ3n) is 4.05. The zero-order chi connectivity index (χ0) is 13.0. The summed E-state index contributed by atoms with van der Waals surface area (Å²) in [5.41, 5.74) is 4.91. The number of halogens is 2. The van der Waals surface area contributed by atoms with Crippen molar-refractivity contribution in [2.24, 2.45) is 0 Å². The van der Waals surface area contributed by atoms with Crippen LogP contribution in [0.25, 0.3) is 0 Å². The predicted molar refractivity (Wildman–Crippen MR) is 76.1 cm³/mol. The van der Waals surface area contributed by atoms with Crippen molar-refractivity contribution in [2.75, 3.05) is 6.54 Å². The summed E-state index contributed by atoms with van der Waals surface area (Å²) in [5.74, 6) is 0.974. The van der Waals surface area contributed by atoms with E-state index in [1.165, 1.54) is 22.3 Å². The molecule has 0 bridgehead atoms. The van der Waals surface area contributed by atoms with Crippen molar-refractivity contribution in [3.63, 3.8) is 0 Å². The SMILES string of the molecule is Clc1c2c(c(Cl)c3c1CCNC3Cc1ccco1)C2. The lowest BCUT2D eigenvalue weighted by molar-refractivity contribution is 0.437. The highest BCUT2D eigenvalue weighted by atomic mass is 35.5. The zero-order valence-electron chi connectivity index (χ0n) is 10.3. The lowest BCUT2D eigenvalue weighted by Gasteiger charge is -2.28. The third-order valence-corrected chi connectivity index (χ3v) is 4.94. The number of hydrogen-bond acceptors (Lipinski definition) is 2. The molecule has 4 heteroatoms. The molecule has 0 fully saturated rings. The fraction of sp³-hybridized carbons (Fsp3) is 0.333. The molecule has 1 aromatic carbocycles. The molecule has 2 nitrogen and oxygen atoms in total. The molecule has 1 atom stereocenters. The van der Waals surface area contributed by atoms with E-state index in [-0.39, 0.29) is 6.04 Å². The van der Waals surface area contributed by atoms with Gasteiger partial charge in [-0.1, -0.05) is 23.2 Å². The van der Waals surface area contributed by atoms with Gasteiger partial charge in [0.25, 0.3) is 0 Å². The van der Waals surface area contributed by atoms with Crippen molar-refractivity contribution in [2.45, 2.75) is 25.3 Å². The first kappa shape index (κ1) is 11.8. The highest BCUT2D eigenvalue weighted by Gasteiger charge is 2.34. The molecule has 0 spiro atoms. The van der Waals surface area contributed by atoms with Gasteiger partial charge in [-0.25, -0.2) is 0 Å². The van der Waals surface area contributed by atoms with Crippen molar-refractivity contribution in [1.82, 2.24) is 5.32 Å². The molecule has 2 aromatic rings. The summed E-state index contributed by atoms with van der Waals surface area (Å²) in [4.78, 5) is 0. The Labute approximate surface area is 121 Å². The summed E-state index contributed by atoms with van der Waals surface area (Å²) in [7, 11) is 0. The van der Waals surface area contributed by atoms with E-state index in [2.05, 4.69) is 5.32 Å². The summed E-state index contributed by atoms with van der Waals surface area (Å²) in [6, 6.07) is 4.12. The van der Waals surface area contributed by atoms with Crippen molar-refractivity contribution >= 4 is 23.2 Å². The second-order valence-corrected chi connectivity index (χ2v) is 5.95. The van der Waals surface area contributed by atoms with Crippen LogP contribution in [0.1, 0.15) is 34.1 Å². The number of furan rings is 1. The molecule has 19 heavy (non-hydrogen) atoms. The zero-order valence-corrected chi connectivity index (χ0v) is 11.8. The molecule has 98 valence electrons. The Morgan fingerprint density at radius 2 is 2.05 bits per heavy atom. The van der Waals surface area contributed by atoms with Gasteiger partial charge in [-0.05, 0) is 47.4 Å². The fourth-order valence-corrected chi connectivity index (χ4v) is 3.84. The number of hydrogen-bond donors (Lipinski definition) is 1. The van der Waals surface area contributed by atoms with E-state index >= 15 is 0 Å². The van der Waals surface area contributed by atoms with Crippen molar-refractivity contribution in [1.29, 1.82) is 0 Å². The van der Waals surface area contributed by atoms with Gasteiger partial charge in [-0.2, -0.15) is 0 Å². The maximum absolute atomic E-state index is 6.54. The van der Waals surface area contributed by atoms with Gasteiger partial charge in [-0.15, -0.1) is 0 Å². The lowest BCUT2D eigenvalue weighted by atomic mass is 9.91. The van der Waals surface area contributed by atoms with E-state index in [0.29, 0.717) is 0 Å². The minimum absolute atomic E-state index is 0.200. The van der Waals surface area contributed by atoms with E-state index in [0.717, 1.165) is 41.6 Å².